The fourth-order valence-electron chi connectivity index (χ4n) is 2.26. The van der Waals surface area contributed by atoms with Gasteiger partial charge in [0, 0.05) is 11.8 Å². The maximum absolute atomic E-state index is 12.0. The fourth-order valence-corrected chi connectivity index (χ4v) is 6.11. The van der Waals surface area contributed by atoms with Gasteiger partial charge in [0.05, 0.1) is 17.8 Å². The molecule has 9 heteroatoms. The van der Waals surface area contributed by atoms with Gasteiger partial charge in [-0.3, -0.25) is 0 Å². The summed E-state index contributed by atoms with van der Waals surface area (Å²) >= 11 is 0. The van der Waals surface area contributed by atoms with Crippen LogP contribution in [-0.2, 0) is 19.7 Å². The number of carboxylic acids is 1. The van der Waals surface area contributed by atoms with Crippen molar-refractivity contribution >= 4 is 25.6 Å². The average molecular weight is 320 g/mol. The number of aromatic carboxylic acids is 1. The molecule has 0 fully saturated rings. The normalized spacial score (nSPS) is 20.4. The van der Waals surface area contributed by atoms with Crippen LogP contribution in [-0.4, -0.2) is 47.0 Å². The molecule has 0 aromatic heterocycles. The molecule has 0 radical (unpaired) electrons. The number of hydrogen-bond donors (Lipinski definition) is 1. The third-order valence-corrected chi connectivity index (χ3v) is 6.58. The topological polar surface area (TPSA) is 115 Å². The van der Waals surface area contributed by atoms with Crippen LogP contribution in [0.1, 0.15) is 21.2 Å². The molecule has 1 atom stereocenters. The summed E-state index contributed by atoms with van der Waals surface area (Å²) in [6.45, 7) is 0. The van der Waals surface area contributed by atoms with Gasteiger partial charge in [-0.25, -0.2) is 21.6 Å². The minimum Gasteiger partial charge on any atom is -0.495 e. The maximum Gasteiger partial charge on any atom is 0.339 e. The lowest BCUT2D eigenvalue weighted by molar-refractivity contribution is 0.0693. The smallest absolute Gasteiger partial charge is 0.339 e. The summed E-state index contributed by atoms with van der Waals surface area (Å²) in [4.78, 5) is 10.9. The van der Waals surface area contributed by atoms with E-state index in [1.54, 1.807) is 0 Å². The van der Waals surface area contributed by atoms with Crippen LogP contribution in [0.4, 0.5) is 0 Å². The predicted molar refractivity (Wildman–Crippen MR) is 69.6 cm³/mol. The number of rotatable bonds is 3. The zero-order valence-corrected chi connectivity index (χ0v) is 12.3. The van der Waals surface area contributed by atoms with Gasteiger partial charge in [0.15, 0.2) is 19.7 Å². The molecular weight excluding hydrogens is 308 g/mol. The third-order valence-electron chi connectivity index (χ3n) is 3.14. The molecule has 1 heterocycles. The van der Waals surface area contributed by atoms with E-state index >= 15 is 0 Å². The molecule has 110 valence electrons. The number of hydrogen-bond acceptors (Lipinski definition) is 6. The molecule has 20 heavy (non-hydrogen) atoms. The van der Waals surface area contributed by atoms with Crippen molar-refractivity contribution in [1.82, 2.24) is 0 Å². The molecular formula is C11H12O7S2. The number of benzene rings is 1. The second kappa shape index (κ2) is 4.45. The Balaban J connectivity index is 2.89. The molecule has 0 saturated heterocycles. The molecule has 0 spiro atoms. The lowest BCUT2D eigenvalue weighted by atomic mass is 10.1. The summed E-state index contributed by atoms with van der Waals surface area (Å²) in [5.74, 6) is -2.13. The highest BCUT2D eigenvalue weighted by Crippen LogP contribution is 2.44. The first-order valence-electron chi connectivity index (χ1n) is 5.45. The lowest BCUT2D eigenvalue weighted by Gasteiger charge is -2.14. The average Bonchev–Trinajstić information content (AvgIpc) is 2.60. The largest absolute Gasteiger partial charge is 0.495 e. The van der Waals surface area contributed by atoms with Gasteiger partial charge < -0.3 is 9.84 Å². The lowest BCUT2D eigenvalue weighted by Crippen LogP contribution is -2.14. The Labute approximate surface area is 116 Å². The Morgan fingerprint density at radius 3 is 2.45 bits per heavy atom. The number of fused-ring (bicyclic) bond motifs is 1. The highest BCUT2D eigenvalue weighted by atomic mass is 32.2. The minimum atomic E-state index is -3.77. The molecule has 2 rings (SSSR count). The van der Waals surface area contributed by atoms with Gasteiger partial charge in [0.25, 0.3) is 0 Å². The molecule has 0 bridgehead atoms. The Kier molecular flexibility index (Phi) is 3.29. The van der Waals surface area contributed by atoms with E-state index < -0.39 is 36.6 Å². The van der Waals surface area contributed by atoms with Crippen LogP contribution in [0.2, 0.25) is 0 Å². The Hall–Kier alpha value is -1.61. The number of carboxylic acid groups (broad SMARTS) is 1. The highest BCUT2D eigenvalue weighted by Gasteiger charge is 2.43. The van der Waals surface area contributed by atoms with Gasteiger partial charge in [-0.15, -0.1) is 0 Å². The van der Waals surface area contributed by atoms with Crippen molar-refractivity contribution in [3.63, 3.8) is 0 Å². The Morgan fingerprint density at radius 2 is 2.00 bits per heavy atom. The van der Waals surface area contributed by atoms with Crippen molar-refractivity contribution in [2.45, 2.75) is 10.1 Å². The molecule has 1 aliphatic rings. The van der Waals surface area contributed by atoms with Crippen molar-refractivity contribution in [3.05, 3.63) is 23.3 Å². The van der Waals surface area contributed by atoms with E-state index in [1.807, 2.05) is 0 Å². The van der Waals surface area contributed by atoms with Crippen LogP contribution in [0.15, 0.2) is 17.0 Å². The Bertz CT molecular complexity index is 790. The van der Waals surface area contributed by atoms with Gasteiger partial charge in [0.2, 0.25) is 0 Å². The van der Waals surface area contributed by atoms with E-state index in [0.29, 0.717) is 0 Å². The van der Waals surface area contributed by atoms with Crippen LogP contribution < -0.4 is 4.74 Å². The van der Waals surface area contributed by atoms with E-state index in [1.165, 1.54) is 7.11 Å². The molecule has 7 nitrogen and oxygen atoms in total. The second-order valence-corrected chi connectivity index (χ2v) is 8.69. The molecule has 1 N–H and O–H groups in total. The number of ether oxygens (including phenoxy) is 1. The molecule has 0 saturated carbocycles. The maximum atomic E-state index is 12.0. The molecule has 1 aliphatic heterocycles. The first-order chi connectivity index (χ1) is 9.09. The first kappa shape index (κ1) is 14.8. The van der Waals surface area contributed by atoms with E-state index in [0.717, 1.165) is 18.4 Å². The van der Waals surface area contributed by atoms with Crippen molar-refractivity contribution in [3.8, 4) is 5.75 Å². The number of sulfone groups is 2. The molecule has 1 unspecified atom stereocenters. The standard InChI is InChI=1S/C11H12O7S2/c1-18-10-6(11(12)13)3-4-7-9(10)8(19(2,14)15)5-20(7,16)17/h3-4,8H,5H2,1-2H3,(H,12,13). The van der Waals surface area contributed by atoms with Crippen LogP contribution in [0.5, 0.6) is 5.75 Å². The number of methoxy groups -OCH3 is 1. The summed E-state index contributed by atoms with van der Waals surface area (Å²) in [6, 6.07) is 2.21. The van der Waals surface area contributed by atoms with E-state index in [2.05, 4.69) is 0 Å². The van der Waals surface area contributed by atoms with E-state index in [9.17, 15) is 21.6 Å². The van der Waals surface area contributed by atoms with Crippen molar-refractivity contribution in [2.24, 2.45) is 0 Å². The van der Waals surface area contributed by atoms with Crippen LogP contribution >= 0.6 is 0 Å². The third kappa shape index (κ3) is 2.16. The zero-order valence-electron chi connectivity index (χ0n) is 10.7. The molecule has 0 aliphatic carbocycles. The molecule has 1 aromatic carbocycles. The quantitative estimate of drug-likeness (QED) is 0.849. The first-order valence-corrected chi connectivity index (χ1v) is 9.06. The van der Waals surface area contributed by atoms with Crippen molar-refractivity contribution in [1.29, 1.82) is 0 Å². The fraction of sp³-hybridized carbons (Fsp3) is 0.364. The highest BCUT2D eigenvalue weighted by molar-refractivity contribution is 7.95. The summed E-state index contributed by atoms with van der Waals surface area (Å²) in [5, 5.41) is 7.76. The van der Waals surface area contributed by atoms with Crippen LogP contribution in [0.3, 0.4) is 0 Å². The zero-order chi connectivity index (χ0) is 15.3. The number of carbonyl (C=O) groups is 1. The SMILES string of the molecule is COc1c(C(=O)O)ccc2c1C(S(C)(=O)=O)CS2(=O)=O. The van der Waals surface area contributed by atoms with Gasteiger partial charge in [-0.05, 0) is 12.1 Å². The predicted octanol–water partition coefficient (Wildman–Crippen LogP) is 0.266. The minimum absolute atomic E-state index is 0.0881. The summed E-state index contributed by atoms with van der Waals surface area (Å²) in [7, 11) is -6.31. The Morgan fingerprint density at radius 1 is 1.40 bits per heavy atom. The van der Waals surface area contributed by atoms with Crippen molar-refractivity contribution in [2.75, 3.05) is 19.1 Å². The van der Waals surface area contributed by atoms with Gasteiger partial charge in [0.1, 0.15) is 16.6 Å². The molecule has 0 amide bonds. The van der Waals surface area contributed by atoms with Crippen molar-refractivity contribution < 1.29 is 31.5 Å². The van der Waals surface area contributed by atoms with Crippen LogP contribution in [0, 0.1) is 0 Å². The van der Waals surface area contributed by atoms with Crippen LogP contribution in [0.25, 0.3) is 0 Å². The monoisotopic (exact) mass is 320 g/mol. The molecule has 1 aromatic rings. The van der Waals surface area contributed by atoms with E-state index in [-0.39, 0.29) is 21.8 Å². The van der Waals surface area contributed by atoms with Gasteiger partial charge >= 0.3 is 5.97 Å². The second-order valence-electron chi connectivity index (χ2n) is 4.46. The van der Waals surface area contributed by atoms with Gasteiger partial charge in [-0.2, -0.15) is 0 Å². The summed E-state index contributed by atoms with van der Waals surface area (Å²) in [6.07, 6.45) is 0.912. The van der Waals surface area contributed by atoms with Gasteiger partial charge in [-0.1, -0.05) is 0 Å². The van der Waals surface area contributed by atoms with E-state index in [4.69, 9.17) is 9.84 Å². The summed E-state index contributed by atoms with van der Waals surface area (Å²) < 4.78 is 52.5. The summed E-state index contributed by atoms with van der Waals surface area (Å²) in [5.41, 5.74) is -0.355.